The predicted octanol–water partition coefficient (Wildman–Crippen LogP) is 4.97. The van der Waals surface area contributed by atoms with E-state index < -0.39 is 16.9 Å². The van der Waals surface area contributed by atoms with Crippen molar-refractivity contribution < 1.29 is 24.1 Å². The van der Waals surface area contributed by atoms with Gasteiger partial charge < -0.3 is 19.3 Å². The zero-order valence-electron chi connectivity index (χ0n) is 16.1. The minimum atomic E-state index is -1.04. The molecule has 0 saturated heterocycles. The van der Waals surface area contributed by atoms with Gasteiger partial charge in [0.25, 0.3) is 0 Å². The number of carboxylic acids is 1. The van der Waals surface area contributed by atoms with Crippen molar-refractivity contribution >= 4 is 28.6 Å². The Labute approximate surface area is 176 Å². The average molecular weight is 428 g/mol. The van der Waals surface area contributed by atoms with Crippen LogP contribution in [0.1, 0.15) is 10.4 Å². The van der Waals surface area contributed by atoms with Crippen LogP contribution < -0.4 is 14.2 Å². The summed E-state index contributed by atoms with van der Waals surface area (Å²) in [5.41, 5.74) is 0.138. The van der Waals surface area contributed by atoms with Crippen molar-refractivity contribution in [3.05, 3.63) is 60.2 Å². The van der Waals surface area contributed by atoms with Crippen LogP contribution in [-0.2, 0) is 10.9 Å². The van der Waals surface area contributed by atoms with E-state index in [2.05, 4.69) is 12.1 Å². The second-order valence-electron chi connectivity index (χ2n) is 6.13. The molecule has 0 aromatic heterocycles. The molecule has 1 aliphatic heterocycles. The largest absolute Gasteiger partial charge is 0.493 e. The van der Waals surface area contributed by atoms with Crippen LogP contribution in [0.2, 0.25) is 0 Å². The number of benzene rings is 3. The number of fused-ring (bicyclic) bond motifs is 2. The highest BCUT2D eigenvalue weighted by Gasteiger charge is 2.44. The molecule has 0 fully saturated rings. The summed E-state index contributed by atoms with van der Waals surface area (Å²) in [6.45, 7) is 0. The van der Waals surface area contributed by atoms with Gasteiger partial charge in [0, 0.05) is 6.07 Å². The van der Waals surface area contributed by atoms with Crippen molar-refractivity contribution in [3.63, 3.8) is 0 Å². The van der Waals surface area contributed by atoms with Crippen molar-refractivity contribution in [2.75, 3.05) is 21.3 Å². The van der Waals surface area contributed by atoms with Crippen molar-refractivity contribution in [2.24, 2.45) is 0 Å². The lowest BCUT2D eigenvalue weighted by molar-refractivity contribution is 0.0691. The lowest BCUT2D eigenvalue weighted by atomic mass is 10.2. The van der Waals surface area contributed by atoms with Gasteiger partial charge in [0.2, 0.25) is 16.4 Å². The summed E-state index contributed by atoms with van der Waals surface area (Å²) in [4.78, 5) is 17.2. The van der Waals surface area contributed by atoms with Crippen LogP contribution in [0.5, 0.6) is 17.2 Å². The minimum absolute atomic E-state index is 0.138. The maximum Gasteiger partial charge on any atom is 0.341 e. The monoisotopic (exact) mass is 427 g/mol. The van der Waals surface area contributed by atoms with Crippen LogP contribution in [0, 0.1) is 0 Å². The van der Waals surface area contributed by atoms with Gasteiger partial charge in [-0.1, -0.05) is 36.0 Å². The van der Waals surface area contributed by atoms with Gasteiger partial charge in [0.1, 0.15) is 16.5 Å². The topological polar surface area (TPSA) is 65.0 Å². The highest BCUT2D eigenvalue weighted by atomic mass is 32.2. The second-order valence-corrected chi connectivity index (χ2v) is 9.11. The van der Waals surface area contributed by atoms with E-state index >= 15 is 0 Å². The normalized spacial score (nSPS) is 12.7. The van der Waals surface area contributed by atoms with Crippen molar-refractivity contribution in [1.82, 2.24) is 0 Å². The molecule has 0 saturated carbocycles. The number of hydrogen-bond acceptors (Lipinski definition) is 5. The highest BCUT2D eigenvalue weighted by Crippen LogP contribution is 2.54. The Hall–Kier alpha value is -2.77. The lowest BCUT2D eigenvalue weighted by Crippen LogP contribution is -2.17. The van der Waals surface area contributed by atoms with E-state index in [1.165, 1.54) is 27.4 Å². The Morgan fingerprint density at radius 3 is 1.90 bits per heavy atom. The molecule has 0 bridgehead atoms. The first-order valence-electron chi connectivity index (χ1n) is 8.77. The molecule has 3 aromatic rings. The molecule has 1 N–H and O–H groups in total. The molecular weight excluding hydrogens is 408 g/mol. The van der Waals surface area contributed by atoms with Gasteiger partial charge >= 0.3 is 5.97 Å². The Balaban J connectivity index is 2.11. The van der Waals surface area contributed by atoms with Crippen LogP contribution >= 0.6 is 11.8 Å². The number of carboxylic acid groups (broad SMARTS) is 1. The summed E-state index contributed by atoms with van der Waals surface area (Å²) in [7, 11) is 3.83. The van der Waals surface area contributed by atoms with Crippen LogP contribution in [0.3, 0.4) is 0 Å². The van der Waals surface area contributed by atoms with Gasteiger partial charge in [-0.05, 0) is 24.3 Å². The molecule has 148 valence electrons. The average Bonchev–Trinajstić information content (AvgIpc) is 2.75. The molecule has 3 aromatic carbocycles. The summed E-state index contributed by atoms with van der Waals surface area (Å²) in [6, 6.07) is 17.6. The molecule has 0 aliphatic carbocycles. The first-order chi connectivity index (χ1) is 14.1. The Morgan fingerprint density at radius 1 is 0.862 bits per heavy atom. The maximum atomic E-state index is 12.3. The number of ether oxygens (including phenoxy) is 3. The Morgan fingerprint density at radius 2 is 1.41 bits per heavy atom. The van der Waals surface area contributed by atoms with Gasteiger partial charge in [0.05, 0.1) is 31.1 Å². The molecule has 7 heteroatoms. The molecule has 0 unspecified atom stereocenters. The summed E-state index contributed by atoms with van der Waals surface area (Å²) >= 11 is 1.69. The highest BCUT2D eigenvalue weighted by molar-refractivity contribution is 8.04. The third-order valence-electron chi connectivity index (χ3n) is 4.58. The number of carbonyl (C=O) groups is 1. The van der Waals surface area contributed by atoms with Crippen molar-refractivity contribution in [3.8, 4) is 17.2 Å². The third-order valence-corrected chi connectivity index (χ3v) is 8.39. The zero-order chi connectivity index (χ0) is 20.5. The molecule has 29 heavy (non-hydrogen) atoms. The first kappa shape index (κ1) is 19.5. The van der Waals surface area contributed by atoms with E-state index in [1.54, 1.807) is 11.8 Å². The number of aromatic carboxylic acids is 1. The molecular formula is C22H19O5S2+. The molecule has 0 spiro atoms. The molecule has 1 heterocycles. The zero-order valence-corrected chi connectivity index (χ0v) is 17.7. The van der Waals surface area contributed by atoms with Gasteiger partial charge in [-0.3, -0.25) is 0 Å². The van der Waals surface area contributed by atoms with Crippen LogP contribution in [-0.4, -0.2) is 32.4 Å². The smallest absolute Gasteiger partial charge is 0.341 e. The van der Waals surface area contributed by atoms with Crippen molar-refractivity contribution in [2.45, 2.75) is 24.5 Å². The quantitative estimate of drug-likeness (QED) is 0.454. The van der Waals surface area contributed by atoms with Gasteiger partial charge in [-0.25, -0.2) is 4.79 Å². The molecule has 4 rings (SSSR count). The molecule has 5 nitrogen and oxygen atoms in total. The molecule has 0 atom stereocenters. The van der Waals surface area contributed by atoms with Crippen LogP contribution in [0.15, 0.2) is 79.1 Å². The minimum Gasteiger partial charge on any atom is -0.493 e. The van der Waals surface area contributed by atoms with Gasteiger partial charge in [0.15, 0.2) is 15.5 Å². The lowest BCUT2D eigenvalue weighted by Gasteiger charge is -2.22. The summed E-state index contributed by atoms with van der Waals surface area (Å²) in [5, 5.41) is 10.0. The van der Waals surface area contributed by atoms with Crippen molar-refractivity contribution in [1.29, 1.82) is 0 Å². The Bertz CT molecular complexity index is 1050. The van der Waals surface area contributed by atoms with E-state index in [0.29, 0.717) is 22.1 Å². The summed E-state index contributed by atoms with van der Waals surface area (Å²) in [6.07, 6.45) is 0. The fourth-order valence-corrected chi connectivity index (χ4v) is 7.34. The van der Waals surface area contributed by atoms with E-state index in [-0.39, 0.29) is 5.56 Å². The molecule has 1 aliphatic rings. The number of methoxy groups -OCH3 is 3. The van der Waals surface area contributed by atoms with E-state index in [9.17, 15) is 9.90 Å². The Kier molecular flexibility index (Phi) is 5.34. The second kappa shape index (κ2) is 7.93. The van der Waals surface area contributed by atoms with E-state index in [0.717, 1.165) is 19.6 Å². The molecule has 0 amide bonds. The van der Waals surface area contributed by atoms with Crippen LogP contribution in [0.4, 0.5) is 0 Å². The van der Waals surface area contributed by atoms with Crippen LogP contribution in [0.25, 0.3) is 0 Å². The fourth-order valence-electron chi connectivity index (χ4n) is 3.35. The first-order valence-corrected chi connectivity index (χ1v) is 10.8. The SMILES string of the molecule is COc1cc(C(=O)O)c([S+]2c3ccccc3Sc3ccccc32)c(OC)c1OC. The summed E-state index contributed by atoms with van der Waals surface area (Å²) < 4.78 is 16.7. The molecule has 0 radical (unpaired) electrons. The predicted molar refractivity (Wildman–Crippen MR) is 112 cm³/mol. The number of hydrogen-bond donors (Lipinski definition) is 1. The summed E-state index contributed by atoms with van der Waals surface area (Å²) in [5.74, 6) is 0.0433. The van der Waals surface area contributed by atoms with E-state index in [1.807, 2.05) is 36.4 Å². The van der Waals surface area contributed by atoms with Gasteiger partial charge in [-0.2, -0.15) is 0 Å². The van der Waals surface area contributed by atoms with Gasteiger partial charge in [-0.15, -0.1) is 0 Å². The third kappa shape index (κ3) is 3.20. The standard InChI is InChI=1S/C22H18O5S2/c1-25-14-12-13(22(23)24)21(20(27-3)19(14)26-2)29-17-10-6-4-8-15(17)28-16-9-5-7-11-18(16)29/h4-12H,1-3H3/p+1. The maximum absolute atomic E-state index is 12.3. The fraction of sp³-hybridized carbons (Fsp3) is 0.136. The number of rotatable bonds is 5. The van der Waals surface area contributed by atoms with E-state index in [4.69, 9.17) is 14.2 Å².